The number of rotatable bonds is 5. The van der Waals surface area contributed by atoms with Crippen molar-refractivity contribution in [1.29, 1.82) is 0 Å². The number of carbonyl (C=O) groups is 1. The summed E-state index contributed by atoms with van der Waals surface area (Å²) in [5.74, 6) is 0.189. The highest BCUT2D eigenvalue weighted by Crippen LogP contribution is 2.33. The number of benzene rings is 1. The average Bonchev–Trinajstić information content (AvgIpc) is 3.23. The molecule has 5 heteroatoms. The number of ether oxygens (including phenoxy) is 1. The molecule has 19 heavy (non-hydrogen) atoms. The second kappa shape index (κ2) is 6.02. The van der Waals surface area contributed by atoms with Crippen molar-refractivity contribution >= 4 is 11.8 Å². The molecule has 3 N–H and O–H groups in total. The topological polar surface area (TPSA) is 64.3 Å². The minimum absolute atomic E-state index is 0.143. The van der Waals surface area contributed by atoms with E-state index in [0.717, 1.165) is 18.4 Å². The fourth-order valence-electron chi connectivity index (χ4n) is 2.08. The van der Waals surface area contributed by atoms with E-state index < -0.39 is 11.9 Å². The molecule has 0 saturated heterocycles. The molecule has 1 amide bonds. The van der Waals surface area contributed by atoms with Crippen LogP contribution in [-0.2, 0) is 11.2 Å². The zero-order chi connectivity index (χ0) is 13.8. The van der Waals surface area contributed by atoms with E-state index in [1.54, 1.807) is 12.1 Å². The molecule has 0 aromatic heterocycles. The quantitative estimate of drug-likeness (QED) is 0.861. The van der Waals surface area contributed by atoms with Crippen molar-refractivity contribution in [3.8, 4) is 0 Å². The largest absolute Gasteiger partial charge is 0.453 e. The van der Waals surface area contributed by atoms with E-state index in [-0.39, 0.29) is 11.7 Å². The van der Waals surface area contributed by atoms with Gasteiger partial charge >= 0.3 is 6.09 Å². The maximum Gasteiger partial charge on any atom is 0.411 e. The lowest BCUT2D eigenvalue weighted by Gasteiger charge is -2.11. The van der Waals surface area contributed by atoms with Crippen LogP contribution in [-0.4, -0.2) is 19.2 Å². The summed E-state index contributed by atoms with van der Waals surface area (Å²) in [5, 5.41) is 2.36. The van der Waals surface area contributed by atoms with Crippen LogP contribution in [0.2, 0.25) is 0 Å². The van der Waals surface area contributed by atoms with E-state index >= 15 is 0 Å². The van der Waals surface area contributed by atoms with Gasteiger partial charge in [-0.05, 0) is 49.3 Å². The fourth-order valence-corrected chi connectivity index (χ4v) is 2.08. The first-order chi connectivity index (χ1) is 9.10. The highest BCUT2D eigenvalue weighted by molar-refractivity contribution is 5.84. The van der Waals surface area contributed by atoms with Gasteiger partial charge in [-0.2, -0.15) is 0 Å². The normalized spacial score (nSPS) is 15.9. The maximum atomic E-state index is 13.5. The summed E-state index contributed by atoms with van der Waals surface area (Å²) in [6.45, 7) is 0. The molecule has 0 heterocycles. The molecule has 0 spiro atoms. The van der Waals surface area contributed by atoms with Gasteiger partial charge in [-0.1, -0.05) is 6.07 Å². The van der Waals surface area contributed by atoms with Gasteiger partial charge in [-0.3, -0.25) is 5.32 Å². The number of halogens is 1. The van der Waals surface area contributed by atoms with Crippen molar-refractivity contribution in [3.63, 3.8) is 0 Å². The van der Waals surface area contributed by atoms with Crippen LogP contribution < -0.4 is 11.1 Å². The van der Waals surface area contributed by atoms with Crippen molar-refractivity contribution in [1.82, 2.24) is 0 Å². The van der Waals surface area contributed by atoms with Crippen LogP contribution in [0.3, 0.4) is 0 Å². The molecule has 0 aliphatic heterocycles. The average molecular weight is 266 g/mol. The zero-order valence-electron chi connectivity index (χ0n) is 11.0. The van der Waals surface area contributed by atoms with E-state index in [1.807, 2.05) is 0 Å². The van der Waals surface area contributed by atoms with Gasteiger partial charge in [0.15, 0.2) is 0 Å². The van der Waals surface area contributed by atoms with E-state index in [0.29, 0.717) is 5.92 Å². The predicted octanol–water partition coefficient (Wildman–Crippen LogP) is 2.67. The SMILES string of the molecule is COC(=O)Nc1cc(CCC(N)C2CC2)ccc1F. The Morgan fingerprint density at radius 1 is 1.58 bits per heavy atom. The van der Waals surface area contributed by atoms with Gasteiger partial charge < -0.3 is 10.5 Å². The van der Waals surface area contributed by atoms with Crippen LogP contribution >= 0.6 is 0 Å². The van der Waals surface area contributed by atoms with E-state index in [1.165, 1.54) is 26.0 Å². The third-order valence-corrected chi connectivity index (χ3v) is 3.45. The summed E-state index contributed by atoms with van der Waals surface area (Å²) < 4.78 is 18.0. The second-order valence-electron chi connectivity index (χ2n) is 4.97. The molecule has 1 aliphatic rings. The van der Waals surface area contributed by atoms with E-state index in [4.69, 9.17) is 5.73 Å². The van der Waals surface area contributed by atoms with Crippen LogP contribution in [0.1, 0.15) is 24.8 Å². The lowest BCUT2D eigenvalue weighted by atomic mass is 10.0. The highest BCUT2D eigenvalue weighted by atomic mass is 19.1. The summed E-state index contributed by atoms with van der Waals surface area (Å²) in [6, 6.07) is 4.93. The summed E-state index contributed by atoms with van der Waals surface area (Å²) in [7, 11) is 1.24. The highest BCUT2D eigenvalue weighted by Gasteiger charge is 2.27. The molecule has 0 bridgehead atoms. The third-order valence-electron chi connectivity index (χ3n) is 3.45. The number of carbonyl (C=O) groups excluding carboxylic acids is 1. The lowest BCUT2D eigenvalue weighted by Crippen LogP contribution is -2.22. The molecule has 1 unspecified atom stereocenters. The Morgan fingerprint density at radius 3 is 2.95 bits per heavy atom. The van der Waals surface area contributed by atoms with Crippen LogP contribution in [0.5, 0.6) is 0 Å². The first kappa shape index (κ1) is 13.8. The van der Waals surface area contributed by atoms with Crippen LogP contribution in [0, 0.1) is 11.7 Å². The Balaban J connectivity index is 1.96. The standard InChI is InChI=1S/C14H19FN2O2/c1-19-14(18)17-13-8-9(2-6-11(13)15)3-7-12(16)10-4-5-10/h2,6,8,10,12H,3-5,7,16H2,1H3,(H,17,18). The molecular formula is C14H19FN2O2. The Bertz CT molecular complexity index is 461. The molecule has 1 aromatic carbocycles. The van der Waals surface area contributed by atoms with Crippen molar-refractivity contribution in [2.45, 2.75) is 31.7 Å². The monoisotopic (exact) mass is 266 g/mol. The Hall–Kier alpha value is -1.62. The summed E-state index contributed by atoms with van der Waals surface area (Å²) in [6.07, 6.45) is 3.44. The number of hydrogen-bond acceptors (Lipinski definition) is 3. The number of methoxy groups -OCH3 is 1. The van der Waals surface area contributed by atoms with Crippen LogP contribution in [0.25, 0.3) is 0 Å². The number of anilines is 1. The molecule has 1 aromatic rings. The smallest absolute Gasteiger partial charge is 0.411 e. The maximum absolute atomic E-state index is 13.5. The first-order valence-corrected chi connectivity index (χ1v) is 6.49. The van der Waals surface area contributed by atoms with Crippen molar-refractivity contribution in [2.75, 3.05) is 12.4 Å². The molecular weight excluding hydrogens is 247 g/mol. The van der Waals surface area contributed by atoms with Crippen molar-refractivity contribution < 1.29 is 13.9 Å². The van der Waals surface area contributed by atoms with E-state index in [9.17, 15) is 9.18 Å². The number of nitrogens with two attached hydrogens (primary N) is 1. The van der Waals surface area contributed by atoms with Gasteiger partial charge in [0, 0.05) is 6.04 Å². The summed E-state index contributed by atoms with van der Waals surface area (Å²) in [5.41, 5.74) is 7.14. The fraction of sp³-hybridized carbons (Fsp3) is 0.500. The van der Waals surface area contributed by atoms with Crippen LogP contribution in [0.4, 0.5) is 14.9 Å². The van der Waals surface area contributed by atoms with Gasteiger partial charge in [-0.15, -0.1) is 0 Å². The second-order valence-corrected chi connectivity index (χ2v) is 4.97. The summed E-state index contributed by atoms with van der Waals surface area (Å²) in [4.78, 5) is 11.1. The van der Waals surface area contributed by atoms with E-state index in [2.05, 4.69) is 10.1 Å². The van der Waals surface area contributed by atoms with Crippen molar-refractivity contribution in [3.05, 3.63) is 29.6 Å². The molecule has 104 valence electrons. The minimum atomic E-state index is -0.675. The number of aryl methyl sites for hydroxylation is 1. The van der Waals surface area contributed by atoms with Gasteiger partial charge in [-0.25, -0.2) is 9.18 Å². The predicted molar refractivity (Wildman–Crippen MR) is 71.4 cm³/mol. The Morgan fingerprint density at radius 2 is 2.32 bits per heavy atom. The molecule has 4 nitrogen and oxygen atoms in total. The summed E-state index contributed by atoms with van der Waals surface area (Å²) >= 11 is 0. The van der Waals surface area contributed by atoms with Gasteiger partial charge in [0.05, 0.1) is 12.8 Å². The molecule has 1 saturated carbocycles. The third kappa shape index (κ3) is 3.92. The van der Waals surface area contributed by atoms with Gasteiger partial charge in [0.2, 0.25) is 0 Å². The minimum Gasteiger partial charge on any atom is -0.453 e. The zero-order valence-corrected chi connectivity index (χ0v) is 11.0. The first-order valence-electron chi connectivity index (χ1n) is 6.49. The lowest BCUT2D eigenvalue weighted by molar-refractivity contribution is 0.187. The van der Waals surface area contributed by atoms with Crippen LogP contribution in [0.15, 0.2) is 18.2 Å². The Kier molecular flexibility index (Phi) is 4.37. The number of nitrogens with one attached hydrogen (secondary N) is 1. The van der Waals surface area contributed by atoms with Gasteiger partial charge in [0.1, 0.15) is 5.82 Å². The molecule has 1 atom stereocenters. The van der Waals surface area contributed by atoms with Crippen molar-refractivity contribution in [2.24, 2.45) is 11.7 Å². The van der Waals surface area contributed by atoms with Gasteiger partial charge in [0.25, 0.3) is 0 Å². The Labute approximate surface area is 112 Å². The number of hydrogen-bond donors (Lipinski definition) is 2. The molecule has 2 rings (SSSR count). The number of amides is 1. The molecule has 1 aliphatic carbocycles. The molecule has 1 fully saturated rings. The molecule has 0 radical (unpaired) electrons.